The van der Waals surface area contributed by atoms with Crippen LogP contribution in [-0.4, -0.2) is 14.2 Å². The first-order valence-corrected chi connectivity index (χ1v) is 8.10. The molecular weight excluding hydrogens is 318 g/mol. The zero-order chi connectivity index (χ0) is 15.0. The van der Waals surface area contributed by atoms with Crippen LogP contribution in [0.25, 0.3) is 0 Å². The number of ether oxygens (including phenoxy) is 2. The average molecular weight is 344 g/mol. The van der Waals surface area contributed by atoms with Gasteiger partial charge in [0, 0.05) is 11.6 Å². The molecule has 0 saturated heterocycles. The van der Waals surface area contributed by atoms with Crippen LogP contribution >= 0.6 is 15.9 Å². The minimum Gasteiger partial charge on any atom is -0.495 e. The van der Waals surface area contributed by atoms with E-state index in [0.29, 0.717) is 0 Å². The molecule has 0 saturated carbocycles. The molecule has 0 aromatic heterocycles. The van der Waals surface area contributed by atoms with E-state index in [1.54, 1.807) is 14.2 Å². The standard InChI is InChI=1S/C16H26BrNO2/c1-4-5-6-7-8-9-13(18)12-10-11-14(19-2)15(17)16(12)20-3/h10-11,13H,4-9,18H2,1-3H3. The van der Waals surface area contributed by atoms with Crippen LogP contribution in [0, 0.1) is 0 Å². The number of nitrogens with two attached hydrogens (primary N) is 1. The summed E-state index contributed by atoms with van der Waals surface area (Å²) < 4.78 is 11.6. The molecule has 0 aliphatic rings. The van der Waals surface area contributed by atoms with Crippen molar-refractivity contribution in [2.75, 3.05) is 14.2 Å². The fraction of sp³-hybridized carbons (Fsp3) is 0.625. The molecule has 1 aromatic rings. The molecule has 3 nitrogen and oxygen atoms in total. The molecule has 4 heteroatoms. The summed E-state index contributed by atoms with van der Waals surface area (Å²) in [6, 6.07) is 3.94. The third-order valence-electron chi connectivity index (χ3n) is 3.53. The minimum atomic E-state index is 0.00813. The highest BCUT2D eigenvalue weighted by atomic mass is 79.9. The summed E-state index contributed by atoms with van der Waals surface area (Å²) in [6.45, 7) is 2.23. The molecule has 1 rings (SSSR count). The summed E-state index contributed by atoms with van der Waals surface area (Å²) in [6.07, 6.45) is 7.28. The smallest absolute Gasteiger partial charge is 0.141 e. The first-order chi connectivity index (χ1) is 9.65. The van der Waals surface area contributed by atoms with E-state index < -0.39 is 0 Å². The number of hydrogen-bond acceptors (Lipinski definition) is 3. The maximum Gasteiger partial charge on any atom is 0.141 e. The molecule has 0 aliphatic heterocycles. The zero-order valence-corrected chi connectivity index (χ0v) is 14.3. The molecule has 0 aliphatic carbocycles. The second-order valence-corrected chi connectivity index (χ2v) is 5.81. The fourth-order valence-corrected chi connectivity index (χ4v) is 3.02. The molecular formula is C16H26BrNO2. The van der Waals surface area contributed by atoms with Gasteiger partial charge in [-0.05, 0) is 34.5 Å². The monoisotopic (exact) mass is 343 g/mol. The van der Waals surface area contributed by atoms with Gasteiger partial charge in [-0.1, -0.05) is 39.0 Å². The van der Waals surface area contributed by atoms with Crippen LogP contribution in [0.4, 0.5) is 0 Å². The van der Waals surface area contributed by atoms with Gasteiger partial charge in [-0.25, -0.2) is 0 Å². The molecule has 1 aromatic carbocycles. The van der Waals surface area contributed by atoms with Gasteiger partial charge in [0.25, 0.3) is 0 Å². The van der Waals surface area contributed by atoms with Crippen molar-refractivity contribution in [3.05, 3.63) is 22.2 Å². The Bertz CT molecular complexity index is 410. The number of rotatable bonds is 9. The Hall–Kier alpha value is -0.740. The van der Waals surface area contributed by atoms with Crippen molar-refractivity contribution in [1.29, 1.82) is 0 Å². The Balaban J connectivity index is 2.67. The van der Waals surface area contributed by atoms with E-state index in [1.807, 2.05) is 12.1 Å². The summed E-state index contributed by atoms with van der Waals surface area (Å²) in [4.78, 5) is 0. The second kappa shape index (κ2) is 9.24. The molecule has 1 atom stereocenters. The van der Waals surface area contributed by atoms with Crippen molar-refractivity contribution in [3.63, 3.8) is 0 Å². The molecule has 0 heterocycles. The van der Waals surface area contributed by atoms with Gasteiger partial charge < -0.3 is 15.2 Å². The zero-order valence-electron chi connectivity index (χ0n) is 12.7. The highest BCUT2D eigenvalue weighted by Crippen LogP contribution is 2.40. The third-order valence-corrected chi connectivity index (χ3v) is 4.29. The maximum atomic E-state index is 6.30. The van der Waals surface area contributed by atoms with E-state index in [-0.39, 0.29) is 6.04 Å². The minimum absolute atomic E-state index is 0.00813. The lowest BCUT2D eigenvalue weighted by atomic mass is 9.99. The lowest BCUT2D eigenvalue weighted by molar-refractivity contribution is 0.382. The lowest BCUT2D eigenvalue weighted by Gasteiger charge is -2.18. The van der Waals surface area contributed by atoms with Crippen LogP contribution in [0.5, 0.6) is 11.5 Å². The van der Waals surface area contributed by atoms with Crippen molar-refractivity contribution >= 4 is 15.9 Å². The molecule has 0 amide bonds. The number of halogens is 1. The van der Waals surface area contributed by atoms with Crippen LogP contribution in [0.3, 0.4) is 0 Å². The third kappa shape index (κ3) is 4.67. The molecule has 0 radical (unpaired) electrons. The number of unbranched alkanes of at least 4 members (excludes halogenated alkanes) is 4. The largest absolute Gasteiger partial charge is 0.495 e. The fourth-order valence-electron chi connectivity index (χ4n) is 2.33. The van der Waals surface area contributed by atoms with E-state index in [1.165, 1.54) is 25.7 Å². The van der Waals surface area contributed by atoms with E-state index in [4.69, 9.17) is 15.2 Å². The SMILES string of the molecule is CCCCCCCC(N)c1ccc(OC)c(Br)c1OC. The Morgan fingerprint density at radius 1 is 1.10 bits per heavy atom. The van der Waals surface area contributed by atoms with Gasteiger partial charge >= 0.3 is 0 Å². The topological polar surface area (TPSA) is 44.5 Å². The molecule has 114 valence electrons. The number of benzene rings is 1. The Kier molecular flexibility index (Phi) is 8.00. The molecule has 2 N–H and O–H groups in total. The van der Waals surface area contributed by atoms with E-state index >= 15 is 0 Å². The summed E-state index contributed by atoms with van der Waals surface area (Å²) in [5.41, 5.74) is 7.34. The highest BCUT2D eigenvalue weighted by molar-refractivity contribution is 9.10. The first-order valence-electron chi connectivity index (χ1n) is 7.31. The predicted molar refractivity (Wildman–Crippen MR) is 87.6 cm³/mol. The molecule has 1 unspecified atom stereocenters. The summed E-state index contributed by atoms with van der Waals surface area (Å²) >= 11 is 3.52. The van der Waals surface area contributed by atoms with Gasteiger partial charge in [0.1, 0.15) is 16.0 Å². The van der Waals surface area contributed by atoms with Crippen LogP contribution in [0.1, 0.15) is 57.1 Å². The van der Waals surface area contributed by atoms with Gasteiger partial charge in [0.05, 0.1) is 14.2 Å². The van der Waals surface area contributed by atoms with Crippen LogP contribution in [-0.2, 0) is 0 Å². The molecule has 0 spiro atoms. The highest BCUT2D eigenvalue weighted by Gasteiger charge is 2.17. The maximum absolute atomic E-state index is 6.30. The molecule has 0 fully saturated rings. The lowest BCUT2D eigenvalue weighted by Crippen LogP contribution is -2.12. The van der Waals surface area contributed by atoms with Gasteiger partial charge in [0.15, 0.2) is 0 Å². The van der Waals surface area contributed by atoms with Crippen LogP contribution in [0.15, 0.2) is 16.6 Å². The van der Waals surface area contributed by atoms with Crippen LogP contribution < -0.4 is 15.2 Å². The van der Waals surface area contributed by atoms with Crippen molar-refractivity contribution in [1.82, 2.24) is 0 Å². The van der Waals surface area contributed by atoms with E-state index in [0.717, 1.165) is 34.4 Å². The molecule has 20 heavy (non-hydrogen) atoms. The van der Waals surface area contributed by atoms with E-state index in [2.05, 4.69) is 22.9 Å². The average Bonchev–Trinajstić information content (AvgIpc) is 2.46. The quantitative estimate of drug-likeness (QED) is 0.653. The number of methoxy groups -OCH3 is 2. The van der Waals surface area contributed by atoms with Crippen molar-refractivity contribution in [2.45, 2.75) is 51.5 Å². The Morgan fingerprint density at radius 3 is 2.40 bits per heavy atom. The van der Waals surface area contributed by atoms with Gasteiger partial charge in [-0.15, -0.1) is 0 Å². The van der Waals surface area contributed by atoms with Gasteiger partial charge in [-0.2, -0.15) is 0 Å². The van der Waals surface area contributed by atoms with Crippen molar-refractivity contribution < 1.29 is 9.47 Å². The van der Waals surface area contributed by atoms with Crippen LogP contribution in [0.2, 0.25) is 0 Å². The summed E-state index contributed by atoms with van der Waals surface area (Å²) in [5.74, 6) is 1.55. The Labute approximate surface area is 131 Å². The molecule has 0 bridgehead atoms. The summed E-state index contributed by atoms with van der Waals surface area (Å²) in [5, 5.41) is 0. The predicted octanol–water partition coefficient (Wildman–Crippen LogP) is 4.83. The first kappa shape index (κ1) is 17.3. The second-order valence-electron chi connectivity index (χ2n) is 5.01. The van der Waals surface area contributed by atoms with Gasteiger partial charge in [0.2, 0.25) is 0 Å². The van der Waals surface area contributed by atoms with Crippen molar-refractivity contribution in [3.8, 4) is 11.5 Å². The van der Waals surface area contributed by atoms with Crippen molar-refractivity contribution in [2.24, 2.45) is 5.73 Å². The number of hydrogen-bond donors (Lipinski definition) is 1. The summed E-state index contributed by atoms with van der Waals surface area (Å²) in [7, 11) is 3.31. The van der Waals surface area contributed by atoms with E-state index in [9.17, 15) is 0 Å². The normalized spacial score (nSPS) is 12.2. The van der Waals surface area contributed by atoms with Gasteiger partial charge in [-0.3, -0.25) is 0 Å². The Morgan fingerprint density at radius 2 is 1.80 bits per heavy atom.